The Morgan fingerprint density at radius 1 is 1.12 bits per heavy atom. The van der Waals surface area contributed by atoms with Crippen molar-refractivity contribution < 1.29 is 14.3 Å². The molecular weight excluding hydrogens is 328 g/mol. The van der Waals surface area contributed by atoms with Crippen LogP contribution in [0.1, 0.15) is 64.9 Å². The maximum absolute atomic E-state index is 12.5. The molecule has 26 heavy (non-hydrogen) atoms. The zero-order valence-corrected chi connectivity index (χ0v) is 16.2. The first kappa shape index (κ1) is 20.3. The van der Waals surface area contributed by atoms with Crippen LogP contribution in [-0.4, -0.2) is 23.6 Å². The van der Waals surface area contributed by atoms with Crippen LogP contribution in [-0.2, 0) is 16.1 Å². The molecule has 2 rings (SSSR count). The zero-order chi connectivity index (χ0) is 19.0. The van der Waals surface area contributed by atoms with E-state index in [1.165, 1.54) is 6.42 Å². The number of amides is 2. The predicted octanol–water partition coefficient (Wildman–Crippen LogP) is 4.17. The van der Waals surface area contributed by atoms with Crippen LogP contribution >= 0.6 is 0 Å². The number of hydrogen-bond acceptors (Lipinski definition) is 3. The van der Waals surface area contributed by atoms with E-state index in [-0.39, 0.29) is 30.1 Å². The molecule has 0 aromatic heterocycles. The van der Waals surface area contributed by atoms with Gasteiger partial charge in [0.15, 0.2) is 0 Å². The van der Waals surface area contributed by atoms with Gasteiger partial charge in [-0.2, -0.15) is 0 Å². The fraction of sp³-hybridized carbons (Fsp3) is 0.619. The van der Waals surface area contributed by atoms with Crippen LogP contribution in [0.25, 0.3) is 0 Å². The third-order valence-corrected chi connectivity index (χ3v) is 4.89. The van der Waals surface area contributed by atoms with Crippen LogP contribution in [0.15, 0.2) is 30.3 Å². The third kappa shape index (κ3) is 6.70. The van der Waals surface area contributed by atoms with Gasteiger partial charge in [0, 0.05) is 5.54 Å². The second-order valence-electron chi connectivity index (χ2n) is 8.00. The molecule has 1 aromatic carbocycles. The molecule has 1 atom stereocenters. The summed E-state index contributed by atoms with van der Waals surface area (Å²) in [5, 5.41) is 5.90. The van der Waals surface area contributed by atoms with E-state index < -0.39 is 6.04 Å². The van der Waals surface area contributed by atoms with E-state index in [9.17, 15) is 9.59 Å². The summed E-state index contributed by atoms with van der Waals surface area (Å²) in [5.74, 6) is -0.110. The second kappa shape index (κ2) is 9.60. The molecule has 2 amide bonds. The summed E-state index contributed by atoms with van der Waals surface area (Å²) >= 11 is 0. The van der Waals surface area contributed by atoms with E-state index in [0.29, 0.717) is 6.42 Å². The molecule has 5 heteroatoms. The lowest BCUT2D eigenvalue weighted by Gasteiger charge is -2.35. The number of hydrogen-bond donors (Lipinski definition) is 2. The van der Waals surface area contributed by atoms with Gasteiger partial charge in [-0.3, -0.25) is 0 Å². The van der Waals surface area contributed by atoms with Gasteiger partial charge in [-0.25, -0.2) is 9.59 Å². The van der Waals surface area contributed by atoms with Crippen LogP contribution in [0.5, 0.6) is 0 Å². The van der Waals surface area contributed by atoms with Gasteiger partial charge in [0.1, 0.15) is 12.6 Å². The Balaban J connectivity index is 1.90. The minimum atomic E-state index is -0.633. The number of ether oxygens (including phenoxy) is 1. The van der Waals surface area contributed by atoms with Crippen molar-refractivity contribution in [1.29, 1.82) is 0 Å². The van der Waals surface area contributed by atoms with Gasteiger partial charge in [-0.15, -0.1) is 0 Å². The highest BCUT2D eigenvalue weighted by molar-refractivity contribution is 5.83. The highest BCUT2D eigenvalue weighted by Crippen LogP contribution is 2.27. The number of urea groups is 1. The Labute approximate surface area is 156 Å². The second-order valence-corrected chi connectivity index (χ2v) is 8.00. The van der Waals surface area contributed by atoms with Crippen molar-refractivity contribution in [3.05, 3.63) is 35.9 Å². The van der Waals surface area contributed by atoms with Crippen molar-refractivity contribution in [2.24, 2.45) is 5.92 Å². The standard InChI is InChI=1S/C21H32N2O3/c1-16(2)14-18(19(24)26-15-17-10-6-4-7-11-17)22-20(25)23-21(3)12-8-5-9-13-21/h4,6-7,10-11,16,18H,5,8-9,12-15H2,1-3H3,(H2,22,23,25)/t18-/m0/s1. The van der Waals surface area contributed by atoms with Crippen LogP contribution in [0.4, 0.5) is 4.79 Å². The van der Waals surface area contributed by atoms with Gasteiger partial charge >= 0.3 is 12.0 Å². The predicted molar refractivity (Wildman–Crippen MR) is 103 cm³/mol. The molecule has 2 N–H and O–H groups in total. The topological polar surface area (TPSA) is 67.4 Å². The Morgan fingerprint density at radius 3 is 2.38 bits per heavy atom. The number of benzene rings is 1. The van der Waals surface area contributed by atoms with Crippen LogP contribution < -0.4 is 10.6 Å². The first-order valence-corrected chi connectivity index (χ1v) is 9.67. The molecule has 1 aliphatic carbocycles. The van der Waals surface area contributed by atoms with Crippen LogP contribution in [0, 0.1) is 5.92 Å². The normalized spacial score (nSPS) is 17.4. The van der Waals surface area contributed by atoms with Crippen molar-refractivity contribution >= 4 is 12.0 Å². The van der Waals surface area contributed by atoms with Gasteiger partial charge in [0.25, 0.3) is 0 Å². The molecule has 0 aliphatic heterocycles. The van der Waals surface area contributed by atoms with E-state index in [4.69, 9.17) is 4.74 Å². The first-order valence-electron chi connectivity index (χ1n) is 9.67. The molecule has 0 radical (unpaired) electrons. The minimum Gasteiger partial charge on any atom is -0.459 e. The Bertz CT molecular complexity index is 580. The summed E-state index contributed by atoms with van der Waals surface area (Å²) in [6.45, 7) is 6.35. The average Bonchev–Trinajstić information content (AvgIpc) is 2.59. The van der Waals surface area contributed by atoms with E-state index in [2.05, 4.69) is 17.6 Å². The number of carbonyl (C=O) groups is 2. The van der Waals surface area contributed by atoms with Gasteiger partial charge in [0.05, 0.1) is 0 Å². The lowest BCUT2D eigenvalue weighted by Crippen LogP contribution is -2.55. The molecule has 0 heterocycles. The van der Waals surface area contributed by atoms with E-state index >= 15 is 0 Å². The van der Waals surface area contributed by atoms with Crippen molar-refractivity contribution in [2.45, 2.75) is 77.5 Å². The molecule has 5 nitrogen and oxygen atoms in total. The average molecular weight is 360 g/mol. The largest absolute Gasteiger partial charge is 0.459 e. The molecule has 0 unspecified atom stereocenters. The lowest BCUT2D eigenvalue weighted by molar-refractivity contribution is -0.147. The molecule has 1 aromatic rings. The summed E-state index contributed by atoms with van der Waals surface area (Å²) in [7, 11) is 0. The SMILES string of the molecule is CC(C)C[C@H](NC(=O)NC1(C)CCCCC1)C(=O)OCc1ccccc1. The molecule has 0 bridgehead atoms. The van der Waals surface area contributed by atoms with E-state index in [0.717, 1.165) is 31.2 Å². The van der Waals surface area contributed by atoms with Gasteiger partial charge in [0.2, 0.25) is 0 Å². The van der Waals surface area contributed by atoms with Gasteiger partial charge in [-0.05, 0) is 37.7 Å². The van der Waals surface area contributed by atoms with E-state index in [1.807, 2.05) is 44.2 Å². The van der Waals surface area contributed by atoms with Crippen molar-refractivity contribution in [3.63, 3.8) is 0 Å². The molecule has 1 saturated carbocycles. The molecular formula is C21H32N2O3. The lowest BCUT2D eigenvalue weighted by atomic mass is 9.83. The molecule has 1 aliphatic rings. The molecule has 144 valence electrons. The van der Waals surface area contributed by atoms with Gasteiger partial charge in [-0.1, -0.05) is 63.4 Å². The third-order valence-electron chi connectivity index (χ3n) is 4.89. The van der Waals surface area contributed by atoms with Crippen molar-refractivity contribution in [3.8, 4) is 0 Å². The number of nitrogens with one attached hydrogen (secondary N) is 2. The highest BCUT2D eigenvalue weighted by atomic mass is 16.5. The Kier molecular flexibility index (Phi) is 7.49. The maximum Gasteiger partial charge on any atom is 0.329 e. The summed E-state index contributed by atoms with van der Waals surface area (Å²) < 4.78 is 5.43. The fourth-order valence-corrected chi connectivity index (χ4v) is 3.44. The number of esters is 1. The smallest absolute Gasteiger partial charge is 0.329 e. The molecule has 1 fully saturated rings. The highest BCUT2D eigenvalue weighted by Gasteiger charge is 2.30. The Morgan fingerprint density at radius 2 is 1.77 bits per heavy atom. The summed E-state index contributed by atoms with van der Waals surface area (Å²) in [6.07, 6.45) is 6.00. The van der Waals surface area contributed by atoms with Gasteiger partial charge < -0.3 is 15.4 Å². The van der Waals surface area contributed by atoms with Crippen LogP contribution in [0.3, 0.4) is 0 Å². The van der Waals surface area contributed by atoms with Crippen molar-refractivity contribution in [1.82, 2.24) is 10.6 Å². The zero-order valence-electron chi connectivity index (χ0n) is 16.2. The maximum atomic E-state index is 12.5. The monoisotopic (exact) mass is 360 g/mol. The number of carbonyl (C=O) groups excluding carboxylic acids is 2. The van der Waals surface area contributed by atoms with Crippen LogP contribution in [0.2, 0.25) is 0 Å². The molecule has 0 saturated heterocycles. The summed E-state index contributed by atoms with van der Waals surface area (Å²) in [6, 6.07) is 8.65. The summed E-state index contributed by atoms with van der Waals surface area (Å²) in [5.41, 5.74) is 0.752. The van der Waals surface area contributed by atoms with Crippen molar-refractivity contribution in [2.75, 3.05) is 0 Å². The molecule has 0 spiro atoms. The quantitative estimate of drug-likeness (QED) is 0.717. The van der Waals surface area contributed by atoms with E-state index in [1.54, 1.807) is 0 Å². The Hall–Kier alpha value is -2.04. The fourth-order valence-electron chi connectivity index (χ4n) is 3.44. The number of rotatable bonds is 7. The summed E-state index contributed by atoms with van der Waals surface area (Å²) in [4.78, 5) is 25.0. The first-order chi connectivity index (χ1) is 12.4. The minimum absolute atomic E-state index is 0.182.